The van der Waals surface area contributed by atoms with Gasteiger partial charge in [-0.2, -0.15) is 0 Å². The molecule has 7 heteroatoms. The Hall–Kier alpha value is -2.70. The molecule has 1 unspecified atom stereocenters. The van der Waals surface area contributed by atoms with Crippen LogP contribution in [0, 0.1) is 21.7 Å². The summed E-state index contributed by atoms with van der Waals surface area (Å²) < 4.78 is 26.9. The molecule has 2 N–H and O–H groups in total. The summed E-state index contributed by atoms with van der Waals surface area (Å²) in [6.45, 7) is 1.61. The summed E-state index contributed by atoms with van der Waals surface area (Å²) in [5.41, 5.74) is -0.0798. The number of phenolic OH excluding ortho intramolecular Hbond substituents is 1. The van der Waals surface area contributed by atoms with E-state index in [9.17, 15) is 24.0 Å². The Morgan fingerprint density at radius 2 is 1.95 bits per heavy atom. The first-order valence-corrected chi connectivity index (χ1v) is 6.07. The van der Waals surface area contributed by atoms with Gasteiger partial charge in [0.05, 0.1) is 22.7 Å². The quantitative estimate of drug-likeness (QED) is 0.665. The minimum absolute atomic E-state index is 0.0248. The lowest BCUT2D eigenvalue weighted by atomic mass is 10.1. The van der Waals surface area contributed by atoms with Crippen molar-refractivity contribution in [2.75, 3.05) is 5.32 Å². The van der Waals surface area contributed by atoms with Gasteiger partial charge in [0.25, 0.3) is 5.69 Å². The highest BCUT2D eigenvalue weighted by Crippen LogP contribution is 2.29. The first-order chi connectivity index (χ1) is 9.88. The second kappa shape index (κ2) is 5.74. The molecular weight excluding hydrogens is 282 g/mol. The molecule has 5 nitrogen and oxygen atoms in total. The third kappa shape index (κ3) is 3.25. The lowest BCUT2D eigenvalue weighted by molar-refractivity contribution is -0.385. The largest absolute Gasteiger partial charge is 0.508 e. The number of hydrogen-bond donors (Lipinski definition) is 2. The number of halogens is 2. The van der Waals surface area contributed by atoms with E-state index >= 15 is 0 Å². The van der Waals surface area contributed by atoms with E-state index in [1.165, 1.54) is 12.1 Å². The summed E-state index contributed by atoms with van der Waals surface area (Å²) in [7, 11) is 0. The topological polar surface area (TPSA) is 75.4 Å². The van der Waals surface area contributed by atoms with Crippen LogP contribution >= 0.6 is 0 Å². The highest BCUT2D eigenvalue weighted by Gasteiger charge is 2.15. The number of nitrogens with zero attached hydrogens (tertiary/aromatic N) is 1. The molecule has 2 aromatic rings. The fourth-order valence-corrected chi connectivity index (χ4v) is 1.92. The van der Waals surface area contributed by atoms with Crippen LogP contribution in [0.4, 0.5) is 20.2 Å². The number of nitrogens with one attached hydrogen (secondary N) is 1. The van der Waals surface area contributed by atoms with E-state index in [0.29, 0.717) is 0 Å². The second-order valence-electron chi connectivity index (χ2n) is 4.49. The number of aromatic hydroxyl groups is 1. The number of non-ortho nitro benzene ring substituents is 1. The standard InChI is InChI=1S/C14H12F2N2O3/c1-8(11-6-9(15)2-5-14(11)19)17-13-4-3-10(18(20)21)7-12(13)16/h2-8,17,19H,1H3. The van der Waals surface area contributed by atoms with E-state index in [2.05, 4.69) is 5.32 Å². The zero-order valence-corrected chi connectivity index (χ0v) is 11.0. The van der Waals surface area contributed by atoms with E-state index in [4.69, 9.17) is 0 Å². The summed E-state index contributed by atoms with van der Waals surface area (Å²) in [6, 6.07) is 6.03. The third-order valence-corrected chi connectivity index (χ3v) is 2.99. The van der Waals surface area contributed by atoms with Crippen LogP contribution in [0.5, 0.6) is 5.75 Å². The van der Waals surface area contributed by atoms with Gasteiger partial charge >= 0.3 is 0 Å². The lowest BCUT2D eigenvalue weighted by Gasteiger charge is -2.17. The molecule has 21 heavy (non-hydrogen) atoms. The van der Waals surface area contributed by atoms with Crippen molar-refractivity contribution >= 4 is 11.4 Å². The van der Waals surface area contributed by atoms with Gasteiger partial charge in [-0.3, -0.25) is 10.1 Å². The van der Waals surface area contributed by atoms with Crippen molar-refractivity contribution < 1.29 is 18.8 Å². The Morgan fingerprint density at radius 1 is 1.24 bits per heavy atom. The van der Waals surface area contributed by atoms with Gasteiger partial charge in [-0.15, -0.1) is 0 Å². The minimum atomic E-state index is -0.799. The predicted octanol–water partition coefficient (Wildman–Crippen LogP) is 3.75. The van der Waals surface area contributed by atoms with Crippen LogP contribution in [0.25, 0.3) is 0 Å². The number of nitro groups is 1. The molecule has 1 atom stereocenters. The van der Waals surface area contributed by atoms with Crippen molar-refractivity contribution in [2.24, 2.45) is 0 Å². The van der Waals surface area contributed by atoms with Gasteiger partial charge in [0, 0.05) is 11.6 Å². The van der Waals surface area contributed by atoms with Gasteiger partial charge in [-0.25, -0.2) is 8.78 Å². The van der Waals surface area contributed by atoms with Gasteiger partial charge in [-0.05, 0) is 31.2 Å². The maximum absolute atomic E-state index is 13.8. The molecule has 0 saturated carbocycles. The Labute approximate surface area is 119 Å². The summed E-state index contributed by atoms with van der Waals surface area (Å²) in [5.74, 6) is -1.45. The Bertz CT molecular complexity index is 692. The molecule has 0 saturated heterocycles. The Morgan fingerprint density at radius 3 is 2.57 bits per heavy atom. The van der Waals surface area contributed by atoms with Crippen LogP contribution in [0.2, 0.25) is 0 Å². The average molecular weight is 294 g/mol. The molecule has 2 aromatic carbocycles. The van der Waals surface area contributed by atoms with Gasteiger partial charge in [-0.1, -0.05) is 0 Å². The fourth-order valence-electron chi connectivity index (χ4n) is 1.92. The number of hydrogen-bond acceptors (Lipinski definition) is 4. The van der Waals surface area contributed by atoms with Crippen LogP contribution < -0.4 is 5.32 Å². The first-order valence-electron chi connectivity index (χ1n) is 6.07. The third-order valence-electron chi connectivity index (χ3n) is 2.99. The van der Waals surface area contributed by atoms with Crippen LogP contribution in [-0.4, -0.2) is 10.0 Å². The number of anilines is 1. The van der Waals surface area contributed by atoms with Crippen LogP contribution in [0.3, 0.4) is 0 Å². The van der Waals surface area contributed by atoms with E-state index in [1.54, 1.807) is 6.92 Å². The smallest absolute Gasteiger partial charge is 0.272 e. The summed E-state index contributed by atoms with van der Waals surface area (Å²) in [4.78, 5) is 9.83. The highest BCUT2D eigenvalue weighted by molar-refractivity contribution is 5.52. The monoisotopic (exact) mass is 294 g/mol. The molecule has 0 amide bonds. The summed E-state index contributed by atoms with van der Waals surface area (Å²) >= 11 is 0. The molecule has 0 bridgehead atoms. The maximum Gasteiger partial charge on any atom is 0.272 e. The second-order valence-corrected chi connectivity index (χ2v) is 4.49. The number of benzene rings is 2. The number of nitro benzene ring substituents is 1. The normalized spacial score (nSPS) is 12.0. The Balaban J connectivity index is 2.25. The molecular formula is C14H12F2N2O3. The minimum Gasteiger partial charge on any atom is -0.508 e. The summed E-state index contributed by atoms with van der Waals surface area (Å²) in [6.07, 6.45) is 0. The van der Waals surface area contributed by atoms with E-state index in [0.717, 1.165) is 24.3 Å². The zero-order chi connectivity index (χ0) is 15.6. The van der Waals surface area contributed by atoms with Crippen LogP contribution in [0.1, 0.15) is 18.5 Å². The fraction of sp³-hybridized carbons (Fsp3) is 0.143. The summed E-state index contributed by atoms with van der Waals surface area (Å²) in [5, 5.41) is 23.0. The van der Waals surface area contributed by atoms with Gasteiger partial charge in [0.1, 0.15) is 11.6 Å². The zero-order valence-electron chi connectivity index (χ0n) is 11.0. The molecule has 0 spiro atoms. The first kappa shape index (κ1) is 14.7. The molecule has 0 aliphatic heterocycles. The van der Waals surface area contributed by atoms with Gasteiger partial charge in [0.2, 0.25) is 0 Å². The van der Waals surface area contributed by atoms with Crippen molar-refractivity contribution in [2.45, 2.75) is 13.0 Å². The van der Waals surface area contributed by atoms with Crippen molar-refractivity contribution in [1.82, 2.24) is 0 Å². The SMILES string of the molecule is CC(Nc1ccc([N+](=O)[O-])cc1F)c1cc(F)ccc1O. The maximum atomic E-state index is 13.8. The molecule has 0 aromatic heterocycles. The van der Waals surface area contributed by atoms with Crippen LogP contribution in [0.15, 0.2) is 36.4 Å². The molecule has 0 heterocycles. The van der Waals surface area contributed by atoms with Crippen molar-refractivity contribution in [3.05, 3.63) is 63.7 Å². The molecule has 110 valence electrons. The van der Waals surface area contributed by atoms with Gasteiger partial charge < -0.3 is 10.4 Å². The van der Waals surface area contributed by atoms with E-state index in [1.807, 2.05) is 0 Å². The molecule has 0 radical (unpaired) electrons. The predicted molar refractivity (Wildman–Crippen MR) is 73.2 cm³/mol. The molecule has 2 rings (SSSR count). The van der Waals surface area contributed by atoms with Crippen molar-refractivity contribution in [1.29, 1.82) is 0 Å². The van der Waals surface area contributed by atoms with Crippen LogP contribution in [-0.2, 0) is 0 Å². The van der Waals surface area contributed by atoms with Crippen molar-refractivity contribution in [3.8, 4) is 5.75 Å². The number of phenols is 1. The number of rotatable bonds is 4. The molecule has 0 aliphatic rings. The lowest BCUT2D eigenvalue weighted by Crippen LogP contribution is -2.08. The molecule has 0 aliphatic carbocycles. The highest BCUT2D eigenvalue weighted by atomic mass is 19.1. The average Bonchev–Trinajstić information content (AvgIpc) is 2.43. The van der Waals surface area contributed by atoms with E-state index < -0.39 is 22.6 Å². The van der Waals surface area contributed by atoms with E-state index in [-0.39, 0.29) is 22.7 Å². The Kier molecular flexibility index (Phi) is 4.02. The van der Waals surface area contributed by atoms with Gasteiger partial charge in [0.15, 0.2) is 5.82 Å². The van der Waals surface area contributed by atoms with Crippen molar-refractivity contribution in [3.63, 3.8) is 0 Å². The molecule has 0 fully saturated rings.